The fourth-order valence-corrected chi connectivity index (χ4v) is 2.86. The standard InChI is InChI=1S/C15H24N2O/c1-11-8-12(2)15(14(9-11)18-5)13-10-16(3)6-7-17(13)4/h8-9,13H,6-7,10H2,1-5H3. The smallest absolute Gasteiger partial charge is 0.124 e. The topological polar surface area (TPSA) is 15.7 Å². The van der Waals surface area contributed by atoms with Crippen LogP contribution in [-0.2, 0) is 0 Å². The summed E-state index contributed by atoms with van der Waals surface area (Å²) in [6, 6.07) is 4.82. The summed E-state index contributed by atoms with van der Waals surface area (Å²) in [5.74, 6) is 1.03. The largest absolute Gasteiger partial charge is 0.496 e. The molecule has 0 radical (unpaired) electrons. The van der Waals surface area contributed by atoms with Crippen LogP contribution in [0.4, 0.5) is 0 Å². The minimum absolute atomic E-state index is 0.430. The first-order valence-corrected chi connectivity index (χ1v) is 6.57. The molecule has 0 bridgehead atoms. The molecule has 0 saturated carbocycles. The van der Waals surface area contributed by atoms with Crippen molar-refractivity contribution in [2.75, 3.05) is 40.8 Å². The average molecular weight is 248 g/mol. The number of aryl methyl sites for hydroxylation is 2. The summed E-state index contributed by atoms with van der Waals surface area (Å²) in [5.41, 5.74) is 3.94. The van der Waals surface area contributed by atoms with Crippen molar-refractivity contribution in [3.05, 3.63) is 28.8 Å². The Balaban J connectivity index is 2.42. The van der Waals surface area contributed by atoms with E-state index in [1.807, 2.05) is 0 Å². The van der Waals surface area contributed by atoms with Gasteiger partial charge in [0.2, 0.25) is 0 Å². The molecule has 1 aliphatic rings. The molecule has 3 heteroatoms. The van der Waals surface area contributed by atoms with Crippen LogP contribution in [0.15, 0.2) is 12.1 Å². The number of nitrogens with zero attached hydrogens (tertiary/aromatic N) is 2. The fourth-order valence-electron chi connectivity index (χ4n) is 2.86. The van der Waals surface area contributed by atoms with Crippen molar-refractivity contribution in [3.8, 4) is 5.75 Å². The molecule has 1 unspecified atom stereocenters. The van der Waals surface area contributed by atoms with E-state index in [0.29, 0.717) is 6.04 Å². The van der Waals surface area contributed by atoms with Crippen LogP contribution in [0.3, 0.4) is 0 Å². The molecular formula is C15H24N2O. The first-order chi connectivity index (χ1) is 8.52. The molecule has 0 amide bonds. The van der Waals surface area contributed by atoms with Gasteiger partial charge in [-0.25, -0.2) is 0 Å². The van der Waals surface area contributed by atoms with Gasteiger partial charge in [0.15, 0.2) is 0 Å². The Morgan fingerprint density at radius 2 is 1.89 bits per heavy atom. The molecule has 0 spiro atoms. The van der Waals surface area contributed by atoms with E-state index >= 15 is 0 Å². The number of rotatable bonds is 2. The fraction of sp³-hybridized carbons (Fsp3) is 0.600. The highest BCUT2D eigenvalue weighted by molar-refractivity contribution is 5.45. The molecule has 1 saturated heterocycles. The molecule has 0 aromatic heterocycles. The maximum Gasteiger partial charge on any atom is 0.124 e. The summed E-state index contributed by atoms with van der Waals surface area (Å²) in [4.78, 5) is 4.82. The third-order valence-electron chi connectivity index (χ3n) is 3.90. The van der Waals surface area contributed by atoms with Crippen molar-refractivity contribution < 1.29 is 4.74 Å². The van der Waals surface area contributed by atoms with E-state index in [2.05, 4.69) is 49.9 Å². The van der Waals surface area contributed by atoms with Gasteiger partial charge in [-0.2, -0.15) is 0 Å². The summed E-state index contributed by atoms with van der Waals surface area (Å²) in [6.07, 6.45) is 0. The van der Waals surface area contributed by atoms with E-state index in [-0.39, 0.29) is 0 Å². The van der Waals surface area contributed by atoms with Crippen LogP contribution in [0.5, 0.6) is 5.75 Å². The van der Waals surface area contributed by atoms with E-state index in [4.69, 9.17) is 4.74 Å². The van der Waals surface area contributed by atoms with Crippen molar-refractivity contribution in [3.63, 3.8) is 0 Å². The Bertz CT molecular complexity index is 431. The number of benzene rings is 1. The van der Waals surface area contributed by atoms with Crippen LogP contribution in [0, 0.1) is 13.8 Å². The molecule has 100 valence electrons. The Morgan fingerprint density at radius 3 is 2.56 bits per heavy atom. The molecule has 2 rings (SSSR count). The van der Waals surface area contributed by atoms with E-state index in [0.717, 1.165) is 25.4 Å². The number of piperazine rings is 1. The lowest BCUT2D eigenvalue weighted by Crippen LogP contribution is -2.45. The molecule has 1 aliphatic heterocycles. The van der Waals surface area contributed by atoms with Gasteiger partial charge in [-0.1, -0.05) is 6.07 Å². The number of hydrogen-bond donors (Lipinski definition) is 0. The van der Waals surface area contributed by atoms with Crippen molar-refractivity contribution >= 4 is 0 Å². The van der Waals surface area contributed by atoms with Gasteiger partial charge < -0.3 is 9.64 Å². The molecule has 3 nitrogen and oxygen atoms in total. The van der Waals surface area contributed by atoms with Crippen LogP contribution in [0.1, 0.15) is 22.7 Å². The molecule has 1 atom stereocenters. The average Bonchev–Trinajstić information content (AvgIpc) is 2.32. The maximum absolute atomic E-state index is 5.60. The summed E-state index contributed by atoms with van der Waals surface area (Å²) in [6.45, 7) is 7.62. The lowest BCUT2D eigenvalue weighted by atomic mass is 9.95. The molecule has 1 heterocycles. The second-order valence-electron chi connectivity index (χ2n) is 5.46. The summed E-state index contributed by atoms with van der Waals surface area (Å²) in [5, 5.41) is 0. The van der Waals surface area contributed by atoms with Crippen molar-refractivity contribution in [1.29, 1.82) is 0 Å². The van der Waals surface area contributed by atoms with Crippen LogP contribution < -0.4 is 4.74 Å². The molecule has 0 aliphatic carbocycles. The van der Waals surface area contributed by atoms with E-state index in [1.165, 1.54) is 16.7 Å². The van der Waals surface area contributed by atoms with Gasteiger partial charge in [0, 0.05) is 25.2 Å². The molecule has 1 aromatic carbocycles. The number of likely N-dealkylation sites (N-methyl/N-ethyl adjacent to an activating group) is 2. The number of hydrogen-bond acceptors (Lipinski definition) is 3. The third-order valence-corrected chi connectivity index (χ3v) is 3.90. The Hall–Kier alpha value is -1.06. The minimum atomic E-state index is 0.430. The number of ether oxygens (including phenoxy) is 1. The minimum Gasteiger partial charge on any atom is -0.496 e. The van der Waals surface area contributed by atoms with Crippen LogP contribution in [0.2, 0.25) is 0 Å². The molecule has 1 aromatic rings. The second-order valence-corrected chi connectivity index (χ2v) is 5.46. The maximum atomic E-state index is 5.60. The first kappa shape index (κ1) is 13.4. The van der Waals surface area contributed by atoms with E-state index < -0.39 is 0 Å². The van der Waals surface area contributed by atoms with Gasteiger partial charge in [-0.15, -0.1) is 0 Å². The van der Waals surface area contributed by atoms with Gasteiger partial charge in [0.05, 0.1) is 13.2 Å². The summed E-state index contributed by atoms with van der Waals surface area (Å²) < 4.78 is 5.60. The van der Waals surface area contributed by atoms with Crippen LogP contribution in [-0.4, -0.2) is 50.6 Å². The van der Waals surface area contributed by atoms with Gasteiger partial charge in [0.1, 0.15) is 5.75 Å². The highest BCUT2D eigenvalue weighted by Gasteiger charge is 2.27. The van der Waals surface area contributed by atoms with Crippen molar-refractivity contribution in [2.24, 2.45) is 0 Å². The second kappa shape index (κ2) is 5.29. The first-order valence-electron chi connectivity index (χ1n) is 6.57. The molecule has 18 heavy (non-hydrogen) atoms. The quantitative estimate of drug-likeness (QED) is 0.798. The Labute approximate surface area is 110 Å². The van der Waals surface area contributed by atoms with Gasteiger partial charge in [-0.3, -0.25) is 4.90 Å². The summed E-state index contributed by atoms with van der Waals surface area (Å²) in [7, 11) is 6.16. The lowest BCUT2D eigenvalue weighted by Gasteiger charge is -2.39. The number of methoxy groups -OCH3 is 1. The predicted molar refractivity (Wildman–Crippen MR) is 75.3 cm³/mol. The highest BCUT2D eigenvalue weighted by atomic mass is 16.5. The monoisotopic (exact) mass is 248 g/mol. The van der Waals surface area contributed by atoms with Gasteiger partial charge >= 0.3 is 0 Å². The van der Waals surface area contributed by atoms with Crippen LogP contribution >= 0.6 is 0 Å². The predicted octanol–water partition coefficient (Wildman–Crippen LogP) is 2.23. The highest BCUT2D eigenvalue weighted by Crippen LogP contribution is 2.34. The third kappa shape index (κ3) is 2.52. The molecule has 0 N–H and O–H groups in total. The zero-order chi connectivity index (χ0) is 13.3. The van der Waals surface area contributed by atoms with Crippen molar-refractivity contribution in [1.82, 2.24) is 9.80 Å². The van der Waals surface area contributed by atoms with Crippen molar-refractivity contribution in [2.45, 2.75) is 19.9 Å². The zero-order valence-corrected chi connectivity index (χ0v) is 12.2. The van der Waals surface area contributed by atoms with Crippen LogP contribution in [0.25, 0.3) is 0 Å². The Morgan fingerprint density at radius 1 is 1.17 bits per heavy atom. The SMILES string of the molecule is COc1cc(C)cc(C)c1C1CN(C)CCN1C. The van der Waals surface area contributed by atoms with E-state index in [9.17, 15) is 0 Å². The van der Waals surface area contributed by atoms with Gasteiger partial charge in [-0.05, 0) is 45.1 Å². The lowest BCUT2D eigenvalue weighted by molar-refractivity contribution is 0.113. The van der Waals surface area contributed by atoms with Gasteiger partial charge in [0.25, 0.3) is 0 Å². The Kier molecular flexibility index (Phi) is 3.93. The zero-order valence-electron chi connectivity index (χ0n) is 12.2. The molecule has 1 fully saturated rings. The summed E-state index contributed by atoms with van der Waals surface area (Å²) >= 11 is 0. The normalized spacial score (nSPS) is 22.2. The van der Waals surface area contributed by atoms with E-state index in [1.54, 1.807) is 7.11 Å². The molecular weight excluding hydrogens is 224 g/mol.